The highest BCUT2D eigenvalue weighted by Crippen LogP contribution is 2.36. The van der Waals surface area contributed by atoms with Crippen molar-refractivity contribution in [3.8, 4) is 0 Å². The van der Waals surface area contributed by atoms with E-state index in [1.807, 2.05) is 30.3 Å². The van der Waals surface area contributed by atoms with Gasteiger partial charge < -0.3 is 15.2 Å². The molecule has 5 nitrogen and oxygen atoms in total. The summed E-state index contributed by atoms with van der Waals surface area (Å²) in [5, 5.41) is 0. The smallest absolute Gasteiger partial charge is 0.195 e. The Morgan fingerprint density at radius 2 is 1.68 bits per heavy atom. The fourth-order valence-corrected chi connectivity index (χ4v) is 3.62. The first-order valence-electron chi connectivity index (χ1n) is 9.69. The van der Waals surface area contributed by atoms with Crippen molar-refractivity contribution in [2.24, 2.45) is 5.73 Å². The molecule has 0 aliphatic carbocycles. The number of ether oxygens (including phenoxy) is 2. The largest absolute Gasteiger partial charge is 0.374 e. The summed E-state index contributed by atoms with van der Waals surface area (Å²) in [4.78, 5) is 5.69. The minimum absolute atomic E-state index is 0. The zero-order valence-corrected chi connectivity index (χ0v) is 17.2. The Morgan fingerprint density at radius 1 is 1.00 bits per heavy atom. The molecule has 28 heavy (non-hydrogen) atoms. The summed E-state index contributed by atoms with van der Waals surface area (Å²) in [6, 6.07) is 20.6. The van der Waals surface area contributed by atoms with Crippen LogP contribution in [0, 0.1) is 0 Å². The minimum atomic E-state index is -0.834. The molecular formula is C22H31ClN2O3. The SMILES string of the molecule is COC1C(CN)ONC1(OCCCCCc1ccccc1)c1ccccc1.Cl. The molecule has 2 aromatic carbocycles. The Morgan fingerprint density at radius 3 is 2.32 bits per heavy atom. The van der Waals surface area contributed by atoms with Gasteiger partial charge in [-0.2, -0.15) is 5.48 Å². The Kier molecular flexibility index (Phi) is 9.38. The number of hydrogen-bond donors (Lipinski definition) is 2. The molecule has 0 spiro atoms. The van der Waals surface area contributed by atoms with Crippen LogP contribution in [0.3, 0.4) is 0 Å². The summed E-state index contributed by atoms with van der Waals surface area (Å²) in [5.74, 6) is 0. The Bertz CT molecular complexity index is 674. The van der Waals surface area contributed by atoms with Gasteiger partial charge in [0.15, 0.2) is 5.72 Å². The number of hydroxylamine groups is 1. The van der Waals surface area contributed by atoms with E-state index in [-0.39, 0.29) is 24.6 Å². The fourth-order valence-electron chi connectivity index (χ4n) is 3.62. The number of nitrogens with two attached hydrogens (primary N) is 1. The topological polar surface area (TPSA) is 65.7 Å². The molecule has 0 bridgehead atoms. The van der Waals surface area contributed by atoms with Crippen LogP contribution in [-0.4, -0.2) is 32.5 Å². The number of benzene rings is 2. The predicted molar refractivity (Wildman–Crippen MR) is 113 cm³/mol. The number of nitrogens with one attached hydrogen (secondary N) is 1. The molecule has 0 saturated carbocycles. The van der Waals surface area contributed by atoms with E-state index in [1.165, 1.54) is 5.56 Å². The lowest BCUT2D eigenvalue weighted by atomic mass is 9.94. The number of rotatable bonds is 10. The van der Waals surface area contributed by atoms with Gasteiger partial charge in [0, 0.05) is 25.8 Å². The van der Waals surface area contributed by atoms with Crippen LogP contribution in [-0.2, 0) is 26.5 Å². The van der Waals surface area contributed by atoms with Gasteiger partial charge in [0.05, 0.1) is 0 Å². The van der Waals surface area contributed by atoms with Crippen LogP contribution >= 0.6 is 12.4 Å². The number of aryl methyl sites for hydroxylation is 1. The summed E-state index contributed by atoms with van der Waals surface area (Å²) in [6.45, 7) is 0.984. The zero-order chi connectivity index (χ0) is 19.0. The molecule has 1 fully saturated rings. The molecule has 3 unspecified atom stereocenters. The molecule has 1 heterocycles. The van der Waals surface area contributed by atoms with E-state index in [4.69, 9.17) is 20.0 Å². The maximum atomic E-state index is 6.35. The first-order valence-corrected chi connectivity index (χ1v) is 9.69. The number of methoxy groups -OCH3 is 1. The van der Waals surface area contributed by atoms with Crippen LogP contribution in [0.4, 0.5) is 0 Å². The van der Waals surface area contributed by atoms with Crippen LogP contribution in [0.25, 0.3) is 0 Å². The van der Waals surface area contributed by atoms with E-state index >= 15 is 0 Å². The second-order valence-electron chi connectivity index (χ2n) is 6.90. The molecule has 0 amide bonds. The van der Waals surface area contributed by atoms with Crippen molar-refractivity contribution in [2.45, 2.75) is 43.6 Å². The second kappa shape index (κ2) is 11.5. The zero-order valence-electron chi connectivity index (χ0n) is 16.4. The lowest BCUT2D eigenvalue weighted by Crippen LogP contribution is -2.50. The van der Waals surface area contributed by atoms with Crippen molar-refractivity contribution in [3.63, 3.8) is 0 Å². The summed E-state index contributed by atoms with van der Waals surface area (Å²) in [5.41, 5.74) is 10.5. The van der Waals surface area contributed by atoms with Crippen molar-refractivity contribution in [2.75, 3.05) is 20.3 Å². The predicted octanol–water partition coefficient (Wildman–Crippen LogP) is 3.57. The van der Waals surface area contributed by atoms with Gasteiger partial charge in [0.1, 0.15) is 12.2 Å². The molecule has 154 valence electrons. The summed E-state index contributed by atoms with van der Waals surface area (Å²) in [7, 11) is 1.67. The molecular weight excluding hydrogens is 376 g/mol. The summed E-state index contributed by atoms with van der Waals surface area (Å²) in [6.07, 6.45) is 3.77. The van der Waals surface area contributed by atoms with Gasteiger partial charge in [0.2, 0.25) is 0 Å². The van der Waals surface area contributed by atoms with E-state index < -0.39 is 5.72 Å². The molecule has 3 rings (SSSR count). The molecule has 2 aromatic rings. The second-order valence-corrected chi connectivity index (χ2v) is 6.90. The molecule has 0 radical (unpaired) electrons. The summed E-state index contributed by atoms with van der Waals surface area (Å²) < 4.78 is 12.1. The average molecular weight is 407 g/mol. The standard InChI is InChI=1S/C22H30N2O3.ClH/c1-25-21-20(17-23)27-24-22(21,19-14-8-3-9-15-19)26-16-10-4-7-13-18-11-5-2-6-12-18;/h2-3,5-6,8-9,11-12,14-15,20-21,24H,4,7,10,13,16-17,23H2,1H3;1H. The Balaban J connectivity index is 0.00000280. The van der Waals surface area contributed by atoms with Gasteiger partial charge in [0.25, 0.3) is 0 Å². The van der Waals surface area contributed by atoms with Gasteiger partial charge in [-0.15, -0.1) is 12.4 Å². The van der Waals surface area contributed by atoms with Crippen LogP contribution < -0.4 is 11.2 Å². The number of halogens is 1. The lowest BCUT2D eigenvalue weighted by molar-refractivity contribution is -0.154. The number of hydrogen-bond acceptors (Lipinski definition) is 5. The molecule has 0 aromatic heterocycles. The van der Waals surface area contributed by atoms with Crippen molar-refractivity contribution in [1.82, 2.24) is 5.48 Å². The van der Waals surface area contributed by atoms with Crippen LogP contribution in [0.15, 0.2) is 60.7 Å². The van der Waals surface area contributed by atoms with Crippen molar-refractivity contribution in [1.29, 1.82) is 0 Å². The van der Waals surface area contributed by atoms with E-state index in [0.717, 1.165) is 31.2 Å². The highest BCUT2D eigenvalue weighted by Gasteiger charge is 2.52. The van der Waals surface area contributed by atoms with E-state index in [0.29, 0.717) is 13.2 Å². The van der Waals surface area contributed by atoms with E-state index in [1.54, 1.807) is 7.11 Å². The van der Waals surface area contributed by atoms with Crippen LogP contribution in [0.1, 0.15) is 30.4 Å². The van der Waals surface area contributed by atoms with Gasteiger partial charge in [-0.1, -0.05) is 67.1 Å². The Hall–Kier alpha value is -1.47. The normalized spacial score (nSPS) is 24.1. The first-order chi connectivity index (χ1) is 13.3. The van der Waals surface area contributed by atoms with E-state index in [9.17, 15) is 0 Å². The molecule has 1 aliphatic rings. The quantitative estimate of drug-likeness (QED) is 0.590. The first kappa shape index (κ1) is 22.8. The third-order valence-corrected chi connectivity index (χ3v) is 5.07. The van der Waals surface area contributed by atoms with Gasteiger partial charge >= 0.3 is 0 Å². The fraction of sp³-hybridized carbons (Fsp3) is 0.455. The molecule has 6 heteroatoms. The van der Waals surface area contributed by atoms with Crippen LogP contribution in [0.5, 0.6) is 0 Å². The van der Waals surface area contributed by atoms with Gasteiger partial charge in [-0.05, 0) is 24.8 Å². The lowest BCUT2D eigenvalue weighted by Gasteiger charge is -2.34. The molecule has 1 aliphatic heterocycles. The van der Waals surface area contributed by atoms with Gasteiger partial charge in [-0.3, -0.25) is 4.84 Å². The van der Waals surface area contributed by atoms with Crippen molar-refractivity contribution >= 4 is 12.4 Å². The third-order valence-electron chi connectivity index (χ3n) is 5.07. The van der Waals surface area contributed by atoms with Crippen molar-refractivity contribution < 1.29 is 14.3 Å². The van der Waals surface area contributed by atoms with Crippen molar-refractivity contribution in [3.05, 3.63) is 71.8 Å². The molecule has 1 saturated heterocycles. The highest BCUT2D eigenvalue weighted by molar-refractivity contribution is 5.85. The Labute approximate surface area is 173 Å². The highest BCUT2D eigenvalue weighted by atomic mass is 35.5. The maximum Gasteiger partial charge on any atom is 0.195 e. The maximum absolute atomic E-state index is 6.35. The van der Waals surface area contributed by atoms with Crippen LogP contribution in [0.2, 0.25) is 0 Å². The summed E-state index contributed by atoms with van der Waals surface area (Å²) >= 11 is 0. The minimum Gasteiger partial charge on any atom is -0.374 e. The molecule has 3 atom stereocenters. The third kappa shape index (κ3) is 5.32. The van der Waals surface area contributed by atoms with E-state index in [2.05, 4.69) is 35.8 Å². The van der Waals surface area contributed by atoms with Gasteiger partial charge in [-0.25, -0.2) is 0 Å². The number of unbranched alkanes of at least 4 members (excludes halogenated alkanes) is 2. The average Bonchev–Trinajstić information content (AvgIpc) is 3.10. The molecule has 3 N–H and O–H groups in total. The monoisotopic (exact) mass is 406 g/mol.